The number of likely N-dealkylation sites (tertiary alicyclic amines) is 1. The van der Waals surface area contributed by atoms with Crippen LogP contribution in [0, 0.1) is 0 Å². The Morgan fingerprint density at radius 1 is 1.10 bits per heavy atom. The van der Waals surface area contributed by atoms with E-state index in [9.17, 15) is 9.59 Å². The van der Waals surface area contributed by atoms with Crippen molar-refractivity contribution in [3.63, 3.8) is 0 Å². The number of carboxylic acids is 1. The maximum absolute atomic E-state index is 13.1. The van der Waals surface area contributed by atoms with Crippen LogP contribution in [0.15, 0.2) is 42.5 Å². The standard InChI is InChI=1S/C25H35NO5/c1-30-25(31-2)17-19-26(21(25)12-8-3-4-9-13-23(28)29)18-14-22(27)24(15-16-24)20-10-6-5-7-11-20/h3,5-8,10-11,21H,4,9,12-19H2,1-2H3,(H,28,29)/b8-3-. The molecule has 6 nitrogen and oxygen atoms in total. The first kappa shape index (κ1) is 23.6. The third-order valence-corrected chi connectivity index (χ3v) is 6.91. The summed E-state index contributed by atoms with van der Waals surface area (Å²) in [5.74, 6) is -1.11. The predicted molar refractivity (Wildman–Crippen MR) is 119 cm³/mol. The lowest BCUT2D eigenvalue weighted by Crippen LogP contribution is -2.47. The van der Waals surface area contributed by atoms with Gasteiger partial charge >= 0.3 is 5.97 Å². The second kappa shape index (κ2) is 10.5. The molecule has 1 N–H and O–H groups in total. The van der Waals surface area contributed by atoms with Gasteiger partial charge in [-0.2, -0.15) is 0 Å². The smallest absolute Gasteiger partial charge is 0.303 e. The fraction of sp³-hybridized carbons (Fsp3) is 0.600. The highest BCUT2D eigenvalue weighted by atomic mass is 16.7. The van der Waals surface area contributed by atoms with E-state index in [1.165, 1.54) is 0 Å². The fourth-order valence-corrected chi connectivity index (χ4v) is 4.87. The van der Waals surface area contributed by atoms with Crippen LogP contribution in [0.25, 0.3) is 0 Å². The predicted octanol–water partition coefficient (Wildman–Crippen LogP) is 3.94. The van der Waals surface area contributed by atoms with E-state index in [2.05, 4.69) is 23.1 Å². The fourth-order valence-electron chi connectivity index (χ4n) is 4.87. The first-order chi connectivity index (χ1) is 15.0. The van der Waals surface area contributed by atoms with Crippen LogP contribution in [0.3, 0.4) is 0 Å². The summed E-state index contributed by atoms with van der Waals surface area (Å²) in [6, 6.07) is 10.2. The number of unbranched alkanes of at least 4 members (excludes halogenated alkanes) is 1. The maximum atomic E-state index is 13.1. The number of allylic oxidation sites excluding steroid dienone is 1. The van der Waals surface area contributed by atoms with Crippen LogP contribution in [0.4, 0.5) is 0 Å². The molecule has 6 heteroatoms. The molecular formula is C25H35NO5. The molecule has 0 bridgehead atoms. The molecule has 1 aliphatic carbocycles. The van der Waals surface area contributed by atoms with E-state index < -0.39 is 11.8 Å². The number of methoxy groups -OCH3 is 2. The minimum Gasteiger partial charge on any atom is -0.481 e. The third kappa shape index (κ3) is 5.43. The minimum atomic E-state index is -0.762. The number of carbonyl (C=O) groups excluding carboxylic acids is 1. The summed E-state index contributed by atoms with van der Waals surface area (Å²) in [6.07, 6.45) is 9.60. The van der Waals surface area contributed by atoms with Crippen molar-refractivity contribution in [2.45, 2.75) is 68.6 Å². The highest BCUT2D eigenvalue weighted by Crippen LogP contribution is 2.49. The zero-order chi connectivity index (χ0) is 22.3. The number of ether oxygens (including phenoxy) is 2. The van der Waals surface area contributed by atoms with Gasteiger partial charge in [-0.25, -0.2) is 0 Å². The van der Waals surface area contributed by atoms with E-state index in [0.717, 1.165) is 44.2 Å². The number of hydrogen-bond donors (Lipinski definition) is 1. The topological polar surface area (TPSA) is 76.1 Å². The van der Waals surface area contributed by atoms with Crippen molar-refractivity contribution in [2.75, 3.05) is 27.3 Å². The molecule has 1 unspecified atom stereocenters. The molecule has 1 saturated heterocycles. The number of carbonyl (C=O) groups is 2. The van der Waals surface area contributed by atoms with Crippen molar-refractivity contribution in [1.82, 2.24) is 4.90 Å². The highest BCUT2D eigenvalue weighted by Gasteiger charge is 2.51. The van der Waals surface area contributed by atoms with Gasteiger partial charge in [0.2, 0.25) is 0 Å². The van der Waals surface area contributed by atoms with Crippen molar-refractivity contribution in [1.29, 1.82) is 0 Å². The molecule has 0 amide bonds. The molecule has 1 aliphatic heterocycles. The lowest BCUT2D eigenvalue weighted by Gasteiger charge is -2.35. The Morgan fingerprint density at radius 3 is 2.42 bits per heavy atom. The molecule has 2 fully saturated rings. The Balaban J connectivity index is 1.59. The number of aliphatic carboxylic acids is 1. The third-order valence-electron chi connectivity index (χ3n) is 6.91. The zero-order valence-electron chi connectivity index (χ0n) is 18.7. The van der Waals surface area contributed by atoms with Crippen molar-refractivity contribution >= 4 is 11.8 Å². The molecule has 1 atom stereocenters. The number of rotatable bonds is 13. The van der Waals surface area contributed by atoms with Crippen molar-refractivity contribution in [3.05, 3.63) is 48.0 Å². The number of ketones is 1. The first-order valence-electron chi connectivity index (χ1n) is 11.3. The van der Waals surface area contributed by atoms with Gasteiger partial charge in [-0.3, -0.25) is 14.5 Å². The molecule has 0 spiro atoms. The largest absolute Gasteiger partial charge is 0.481 e. The minimum absolute atomic E-state index is 0.0258. The van der Waals surface area contributed by atoms with Crippen LogP contribution in [0.5, 0.6) is 0 Å². The van der Waals surface area contributed by atoms with E-state index >= 15 is 0 Å². The average molecular weight is 430 g/mol. The molecule has 2 aliphatic rings. The summed E-state index contributed by atoms with van der Waals surface area (Å²) in [5, 5.41) is 8.76. The number of carboxylic acid groups (broad SMARTS) is 1. The van der Waals surface area contributed by atoms with E-state index in [4.69, 9.17) is 14.6 Å². The van der Waals surface area contributed by atoms with Crippen LogP contribution in [-0.2, 0) is 24.5 Å². The molecule has 1 saturated carbocycles. The molecule has 0 aromatic heterocycles. The van der Waals surface area contributed by atoms with E-state index in [1.54, 1.807) is 14.2 Å². The molecule has 0 radical (unpaired) electrons. The normalized spacial score (nSPS) is 22.1. The van der Waals surface area contributed by atoms with E-state index in [1.807, 2.05) is 24.3 Å². The molecule has 1 aromatic rings. The van der Waals surface area contributed by atoms with Crippen molar-refractivity contribution < 1.29 is 24.2 Å². The van der Waals surface area contributed by atoms with Gasteiger partial charge < -0.3 is 14.6 Å². The molecule has 1 heterocycles. The Hall–Kier alpha value is -2.02. The van der Waals surface area contributed by atoms with Gasteiger partial charge in [0.15, 0.2) is 5.79 Å². The van der Waals surface area contributed by atoms with Crippen molar-refractivity contribution in [2.24, 2.45) is 0 Å². The number of hydrogen-bond acceptors (Lipinski definition) is 5. The lowest BCUT2D eigenvalue weighted by molar-refractivity contribution is -0.218. The molecule has 31 heavy (non-hydrogen) atoms. The molecule has 170 valence electrons. The van der Waals surface area contributed by atoms with Gasteiger partial charge in [0.1, 0.15) is 5.78 Å². The quantitative estimate of drug-likeness (QED) is 0.291. The lowest BCUT2D eigenvalue weighted by atomic mass is 9.89. The second-order valence-corrected chi connectivity index (χ2v) is 8.64. The first-order valence-corrected chi connectivity index (χ1v) is 11.3. The Morgan fingerprint density at radius 2 is 1.81 bits per heavy atom. The van der Waals surface area contributed by atoms with E-state index in [0.29, 0.717) is 25.2 Å². The molecule has 3 rings (SSSR count). The highest BCUT2D eigenvalue weighted by molar-refractivity contribution is 5.93. The number of benzene rings is 1. The Bertz CT molecular complexity index is 767. The van der Waals surface area contributed by atoms with Gasteiger partial charge in [-0.15, -0.1) is 0 Å². The average Bonchev–Trinajstić information content (AvgIpc) is 3.53. The van der Waals surface area contributed by atoms with Gasteiger partial charge in [-0.05, 0) is 37.7 Å². The van der Waals surface area contributed by atoms with Gasteiger partial charge in [0.25, 0.3) is 0 Å². The Kier molecular flexibility index (Phi) is 8.03. The van der Waals surface area contributed by atoms with Crippen LogP contribution >= 0.6 is 0 Å². The SMILES string of the molecule is COC1(OC)CCN(CCC(=O)C2(c3ccccc3)CC2)C1C/C=C\CCCC(=O)O. The van der Waals surface area contributed by atoms with Gasteiger partial charge in [0.05, 0.1) is 11.5 Å². The number of nitrogens with zero attached hydrogens (tertiary/aromatic N) is 1. The van der Waals surface area contributed by atoms with Crippen molar-refractivity contribution in [3.8, 4) is 0 Å². The summed E-state index contributed by atoms with van der Waals surface area (Å²) < 4.78 is 11.6. The van der Waals surface area contributed by atoms with Crippen LogP contribution in [0.1, 0.15) is 56.9 Å². The summed E-state index contributed by atoms with van der Waals surface area (Å²) >= 11 is 0. The monoisotopic (exact) mass is 429 g/mol. The van der Waals surface area contributed by atoms with Gasteiger partial charge in [0, 0.05) is 46.6 Å². The van der Waals surface area contributed by atoms with Crippen LogP contribution in [0.2, 0.25) is 0 Å². The number of Topliss-reactive ketones (excluding diaryl/α,β-unsaturated/α-hetero) is 1. The van der Waals surface area contributed by atoms with Crippen LogP contribution < -0.4 is 0 Å². The second-order valence-electron chi connectivity index (χ2n) is 8.64. The zero-order valence-corrected chi connectivity index (χ0v) is 18.7. The van der Waals surface area contributed by atoms with E-state index in [-0.39, 0.29) is 17.9 Å². The maximum Gasteiger partial charge on any atom is 0.303 e. The Labute approximate surface area is 185 Å². The molecule has 1 aromatic carbocycles. The summed E-state index contributed by atoms with van der Waals surface area (Å²) in [5.41, 5.74) is 0.866. The summed E-state index contributed by atoms with van der Waals surface area (Å²) in [6.45, 7) is 1.52. The van der Waals surface area contributed by atoms with Gasteiger partial charge in [-0.1, -0.05) is 42.5 Å². The summed E-state index contributed by atoms with van der Waals surface area (Å²) in [7, 11) is 3.35. The van der Waals surface area contributed by atoms with Crippen LogP contribution in [-0.4, -0.2) is 60.9 Å². The summed E-state index contributed by atoms with van der Waals surface area (Å²) in [4.78, 5) is 26.1. The molecular weight excluding hydrogens is 394 g/mol.